The molecular weight excluding hydrogens is 479 g/mol. The van der Waals surface area contributed by atoms with Gasteiger partial charge in [0.15, 0.2) is 5.82 Å². The Morgan fingerprint density at radius 2 is 1.41 bits per heavy atom. The van der Waals surface area contributed by atoms with Gasteiger partial charge in [-0.05, 0) is 42.5 Å². The SMILES string of the molecule is CC(=O)NCCNc1cc(NCCNC(=O)c2cc(Cl)ccc2O)nc(-c2ccc(Cl)cc2)n1. The number of amides is 2. The fourth-order valence-electron chi connectivity index (χ4n) is 2.94. The van der Waals surface area contributed by atoms with Crippen molar-refractivity contribution in [3.63, 3.8) is 0 Å². The van der Waals surface area contributed by atoms with Crippen LogP contribution in [0.25, 0.3) is 11.4 Å². The predicted octanol–water partition coefficient (Wildman–Crippen LogP) is 3.55. The first-order chi connectivity index (χ1) is 16.3. The number of aromatic nitrogens is 2. The van der Waals surface area contributed by atoms with Crippen LogP contribution in [-0.2, 0) is 4.79 Å². The number of hydrogen-bond acceptors (Lipinski definition) is 7. The summed E-state index contributed by atoms with van der Waals surface area (Å²) in [5, 5.41) is 22.6. The number of phenols is 1. The van der Waals surface area contributed by atoms with Crippen LogP contribution in [0, 0.1) is 0 Å². The maximum atomic E-state index is 12.3. The van der Waals surface area contributed by atoms with E-state index in [0.717, 1.165) is 5.56 Å². The summed E-state index contributed by atoms with van der Waals surface area (Å²) in [6.45, 7) is 3.03. The van der Waals surface area contributed by atoms with Crippen molar-refractivity contribution >= 4 is 46.7 Å². The highest BCUT2D eigenvalue weighted by atomic mass is 35.5. The van der Waals surface area contributed by atoms with Gasteiger partial charge in [-0.3, -0.25) is 9.59 Å². The highest BCUT2D eigenvalue weighted by Gasteiger charge is 2.12. The van der Waals surface area contributed by atoms with Crippen molar-refractivity contribution in [3.05, 3.63) is 64.1 Å². The molecule has 0 saturated carbocycles. The van der Waals surface area contributed by atoms with Gasteiger partial charge in [0.2, 0.25) is 5.91 Å². The molecule has 34 heavy (non-hydrogen) atoms. The molecule has 0 spiro atoms. The van der Waals surface area contributed by atoms with Gasteiger partial charge < -0.3 is 26.4 Å². The summed E-state index contributed by atoms with van der Waals surface area (Å²) >= 11 is 11.9. The summed E-state index contributed by atoms with van der Waals surface area (Å²) in [6.07, 6.45) is 0. The number of nitrogens with zero attached hydrogens (tertiary/aromatic N) is 2. The fraction of sp³-hybridized carbons (Fsp3) is 0.217. The van der Waals surface area contributed by atoms with E-state index in [9.17, 15) is 14.7 Å². The van der Waals surface area contributed by atoms with E-state index < -0.39 is 5.91 Å². The van der Waals surface area contributed by atoms with E-state index in [4.69, 9.17) is 23.2 Å². The number of benzene rings is 2. The standard InChI is InChI=1S/C23H24Cl2N6O3/c1-14(32)26-8-9-27-20-13-21(31-22(30-20)15-2-4-16(24)5-3-15)28-10-11-29-23(34)18-12-17(25)6-7-19(18)33/h2-7,12-13,33H,8-11H2,1H3,(H,26,32)(H,29,34)(H2,27,28,30,31). The lowest BCUT2D eigenvalue weighted by Crippen LogP contribution is -2.29. The van der Waals surface area contributed by atoms with E-state index >= 15 is 0 Å². The molecule has 11 heteroatoms. The zero-order valence-electron chi connectivity index (χ0n) is 18.4. The molecule has 0 aliphatic rings. The molecule has 1 aromatic heterocycles. The number of anilines is 2. The summed E-state index contributed by atoms with van der Waals surface area (Å²) < 4.78 is 0. The number of carbonyl (C=O) groups excluding carboxylic acids is 2. The highest BCUT2D eigenvalue weighted by molar-refractivity contribution is 6.31. The summed E-state index contributed by atoms with van der Waals surface area (Å²) in [6, 6.07) is 13.2. The molecule has 2 amide bonds. The lowest BCUT2D eigenvalue weighted by molar-refractivity contribution is -0.118. The van der Waals surface area contributed by atoms with E-state index in [0.29, 0.717) is 47.1 Å². The van der Waals surface area contributed by atoms with Crippen molar-refractivity contribution in [1.82, 2.24) is 20.6 Å². The van der Waals surface area contributed by atoms with Crippen LogP contribution in [0.1, 0.15) is 17.3 Å². The van der Waals surface area contributed by atoms with Crippen molar-refractivity contribution in [2.24, 2.45) is 0 Å². The Balaban J connectivity index is 1.65. The highest BCUT2D eigenvalue weighted by Crippen LogP contribution is 2.23. The third kappa shape index (κ3) is 7.50. The molecule has 5 N–H and O–H groups in total. The third-order valence-corrected chi connectivity index (χ3v) is 5.04. The van der Waals surface area contributed by atoms with Gasteiger partial charge in [-0.25, -0.2) is 9.97 Å². The minimum absolute atomic E-state index is 0.102. The van der Waals surface area contributed by atoms with Crippen LogP contribution in [-0.4, -0.2) is 53.1 Å². The van der Waals surface area contributed by atoms with E-state index in [2.05, 4.69) is 31.2 Å². The number of nitrogens with one attached hydrogen (secondary N) is 4. The van der Waals surface area contributed by atoms with Gasteiger partial charge in [-0.15, -0.1) is 0 Å². The van der Waals surface area contributed by atoms with Crippen molar-refractivity contribution < 1.29 is 14.7 Å². The maximum Gasteiger partial charge on any atom is 0.255 e. The fourth-order valence-corrected chi connectivity index (χ4v) is 3.24. The lowest BCUT2D eigenvalue weighted by Gasteiger charge is -2.12. The van der Waals surface area contributed by atoms with E-state index in [-0.39, 0.29) is 23.8 Å². The molecule has 0 fully saturated rings. The van der Waals surface area contributed by atoms with Crippen LogP contribution in [0.2, 0.25) is 10.0 Å². The van der Waals surface area contributed by atoms with Crippen molar-refractivity contribution in [2.75, 3.05) is 36.8 Å². The summed E-state index contributed by atoms with van der Waals surface area (Å²) in [4.78, 5) is 32.5. The van der Waals surface area contributed by atoms with Crippen molar-refractivity contribution in [3.8, 4) is 17.1 Å². The first-order valence-electron chi connectivity index (χ1n) is 10.5. The van der Waals surface area contributed by atoms with E-state index in [1.54, 1.807) is 18.2 Å². The Labute approximate surface area is 206 Å². The largest absolute Gasteiger partial charge is 0.507 e. The van der Waals surface area contributed by atoms with Crippen LogP contribution in [0.3, 0.4) is 0 Å². The zero-order valence-corrected chi connectivity index (χ0v) is 19.9. The lowest BCUT2D eigenvalue weighted by atomic mass is 10.2. The molecule has 9 nitrogen and oxygen atoms in total. The summed E-state index contributed by atoms with van der Waals surface area (Å²) in [5.41, 5.74) is 0.882. The zero-order chi connectivity index (χ0) is 24.5. The Kier molecular flexibility index (Phi) is 8.89. The Morgan fingerprint density at radius 3 is 2.03 bits per heavy atom. The Bertz CT molecular complexity index is 1160. The Morgan fingerprint density at radius 1 is 0.824 bits per heavy atom. The van der Waals surface area contributed by atoms with Gasteiger partial charge in [0.05, 0.1) is 5.56 Å². The molecule has 0 saturated heterocycles. The quantitative estimate of drug-likeness (QED) is 0.268. The monoisotopic (exact) mass is 502 g/mol. The average molecular weight is 503 g/mol. The number of aromatic hydroxyl groups is 1. The van der Waals surface area contributed by atoms with Crippen LogP contribution < -0.4 is 21.3 Å². The molecular formula is C23H24Cl2N6O3. The molecule has 0 aliphatic carbocycles. The summed E-state index contributed by atoms with van der Waals surface area (Å²) in [7, 11) is 0. The molecule has 0 unspecified atom stereocenters. The van der Waals surface area contributed by atoms with Crippen LogP contribution in [0.5, 0.6) is 5.75 Å². The van der Waals surface area contributed by atoms with Crippen LogP contribution >= 0.6 is 23.2 Å². The number of halogens is 2. The first kappa shape index (κ1) is 25.1. The minimum Gasteiger partial charge on any atom is -0.507 e. The first-order valence-corrected chi connectivity index (χ1v) is 11.2. The van der Waals surface area contributed by atoms with Gasteiger partial charge in [0, 0.05) is 54.8 Å². The second-order valence-corrected chi connectivity index (χ2v) is 8.10. The van der Waals surface area contributed by atoms with Crippen LogP contribution in [0.4, 0.5) is 11.6 Å². The molecule has 0 radical (unpaired) electrons. The number of carbonyl (C=O) groups is 2. The molecule has 3 rings (SSSR count). The molecule has 178 valence electrons. The van der Waals surface area contributed by atoms with Gasteiger partial charge >= 0.3 is 0 Å². The van der Waals surface area contributed by atoms with Crippen molar-refractivity contribution in [1.29, 1.82) is 0 Å². The maximum absolute atomic E-state index is 12.3. The second-order valence-electron chi connectivity index (χ2n) is 7.22. The van der Waals surface area contributed by atoms with Gasteiger partial charge in [0.25, 0.3) is 5.91 Å². The summed E-state index contributed by atoms with van der Waals surface area (Å²) in [5.74, 6) is 0.904. The number of hydrogen-bond donors (Lipinski definition) is 5. The average Bonchev–Trinajstić information content (AvgIpc) is 2.81. The normalized spacial score (nSPS) is 10.4. The van der Waals surface area contributed by atoms with E-state index in [1.807, 2.05) is 12.1 Å². The minimum atomic E-state index is -0.438. The number of phenolic OH excluding ortho intramolecular Hbond substituents is 1. The van der Waals surface area contributed by atoms with Crippen LogP contribution in [0.15, 0.2) is 48.5 Å². The van der Waals surface area contributed by atoms with E-state index in [1.165, 1.54) is 25.1 Å². The second kappa shape index (κ2) is 12.1. The van der Waals surface area contributed by atoms with Gasteiger partial charge in [-0.1, -0.05) is 23.2 Å². The molecule has 2 aromatic carbocycles. The van der Waals surface area contributed by atoms with Gasteiger partial charge in [0.1, 0.15) is 17.4 Å². The topological polar surface area (TPSA) is 128 Å². The van der Waals surface area contributed by atoms with Gasteiger partial charge in [-0.2, -0.15) is 0 Å². The number of rotatable bonds is 10. The molecule has 1 heterocycles. The van der Waals surface area contributed by atoms with Crippen molar-refractivity contribution in [2.45, 2.75) is 6.92 Å². The molecule has 0 bridgehead atoms. The molecule has 3 aromatic rings. The Hall–Kier alpha value is -3.56. The molecule has 0 atom stereocenters. The third-order valence-electron chi connectivity index (χ3n) is 4.55. The molecule has 0 aliphatic heterocycles. The predicted molar refractivity (Wildman–Crippen MR) is 134 cm³/mol. The smallest absolute Gasteiger partial charge is 0.255 e.